The van der Waals surface area contributed by atoms with Crippen LogP contribution in [0.15, 0.2) is 180 Å². The minimum absolute atomic E-state index is 0.00210. The van der Waals surface area contributed by atoms with Gasteiger partial charge in [-0.3, -0.25) is 0 Å². The standard InChI is InChI=1S/C52H39I/c1-51(2)46-16-8-7-14-45(46)50-42(15-10-18-48(50)51)38-23-19-35(20-24-38)33-36-21-26-41(27-22-36)52(40-11-4-3-5-12-40)47-17-9-6-13-43(47)44-28-25-39(34-49(44)52)37-29-31-53-32-30-37/h3-32,34H,33H2,1-2H3. The van der Waals surface area contributed by atoms with E-state index in [4.69, 9.17) is 0 Å². The summed E-state index contributed by atoms with van der Waals surface area (Å²) in [6, 6.07) is 61.8. The summed E-state index contributed by atoms with van der Waals surface area (Å²) < 4.78 is 4.72. The Kier molecular flexibility index (Phi) is 7.70. The van der Waals surface area contributed by atoms with Crippen LogP contribution in [0.4, 0.5) is 0 Å². The molecule has 1 aliphatic heterocycles. The number of allylic oxidation sites excluding steroid dienone is 3. The number of hydrogen-bond acceptors (Lipinski definition) is 0. The molecule has 0 radical (unpaired) electrons. The van der Waals surface area contributed by atoms with Crippen LogP contribution in [-0.2, 0) is 17.3 Å². The van der Waals surface area contributed by atoms with Crippen molar-refractivity contribution in [2.24, 2.45) is 0 Å². The van der Waals surface area contributed by atoms with Crippen LogP contribution in [0.5, 0.6) is 0 Å². The maximum absolute atomic E-state index is 2.47. The summed E-state index contributed by atoms with van der Waals surface area (Å²) in [6.07, 6.45) is 5.52. The van der Waals surface area contributed by atoms with Crippen LogP contribution in [-0.4, -0.2) is 4.01 Å². The molecule has 0 fully saturated rings. The molecule has 0 saturated carbocycles. The Bertz CT molecular complexity index is 2630. The van der Waals surface area contributed by atoms with Gasteiger partial charge in [-0.15, -0.1) is 0 Å². The number of rotatable bonds is 6. The third-order valence-electron chi connectivity index (χ3n) is 11.9. The summed E-state index contributed by atoms with van der Waals surface area (Å²) in [6.45, 7) is 4.71. The van der Waals surface area contributed by atoms with E-state index < -0.39 is 5.41 Å². The lowest BCUT2D eigenvalue weighted by Gasteiger charge is -2.34. The maximum atomic E-state index is 2.47. The number of halogens is 1. The Morgan fingerprint density at radius 3 is 1.83 bits per heavy atom. The summed E-state index contributed by atoms with van der Waals surface area (Å²) in [7, 11) is 0. The average molecular weight is 791 g/mol. The number of fused-ring (bicyclic) bond motifs is 6. The Morgan fingerprint density at radius 2 is 1.08 bits per heavy atom. The van der Waals surface area contributed by atoms with Crippen molar-refractivity contribution in [1.29, 1.82) is 0 Å². The first-order valence-electron chi connectivity index (χ1n) is 18.6. The maximum Gasteiger partial charge on any atom is 0.0713 e. The molecule has 1 unspecified atom stereocenters. The van der Waals surface area contributed by atoms with Gasteiger partial charge in [0.2, 0.25) is 0 Å². The zero-order valence-electron chi connectivity index (χ0n) is 30.0. The Labute approximate surface area is 323 Å². The van der Waals surface area contributed by atoms with E-state index in [0.717, 1.165) is 6.42 Å². The third-order valence-corrected chi connectivity index (χ3v) is 13.4. The van der Waals surface area contributed by atoms with E-state index >= 15 is 0 Å². The molecular formula is C52H39I. The van der Waals surface area contributed by atoms with E-state index in [1.165, 1.54) is 89.0 Å². The molecule has 10 rings (SSSR count). The van der Waals surface area contributed by atoms with Crippen LogP contribution < -0.4 is 0 Å². The minimum atomic E-state index is -0.415. The smallest absolute Gasteiger partial charge is 0.0713 e. The van der Waals surface area contributed by atoms with Crippen LogP contribution in [0.1, 0.15) is 63.9 Å². The van der Waals surface area contributed by atoms with Crippen molar-refractivity contribution in [2.45, 2.75) is 31.1 Å². The van der Waals surface area contributed by atoms with E-state index in [9.17, 15) is 0 Å². The van der Waals surface area contributed by atoms with Gasteiger partial charge in [-0.2, -0.15) is 0 Å². The molecule has 53 heavy (non-hydrogen) atoms. The molecule has 0 saturated heterocycles. The predicted molar refractivity (Wildman–Crippen MR) is 233 cm³/mol. The zero-order chi connectivity index (χ0) is 35.6. The SMILES string of the molecule is CC1(C)c2ccccc2-c2c(-c3ccc(Cc4ccc(C5(c6ccccc6)c6ccccc6-c6ccc(C7=CC=IC=C7)cc65)cc4)cc3)cccc21. The highest BCUT2D eigenvalue weighted by atomic mass is 127. The second kappa shape index (κ2) is 12.6. The van der Waals surface area contributed by atoms with Crippen molar-refractivity contribution in [1.82, 2.24) is 0 Å². The van der Waals surface area contributed by atoms with Crippen molar-refractivity contribution in [3.63, 3.8) is 0 Å². The predicted octanol–water partition coefficient (Wildman–Crippen LogP) is 13.3. The largest absolute Gasteiger partial charge is 0.0937 e. The van der Waals surface area contributed by atoms with Gasteiger partial charge in [-0.1, -0.05) is 192 Å². The molecule has 0 amide bonds. The Morgan fingerprint density at radius 1 is 0.472 bits per heavy atom. The summed E-state index contributed by atoms with van der Waals surface area (Å²) in [4.78, 5) is 0. The molecule has 7 aromatic carbocycles. The molecule has 0 spiro atoms. The first-order chi connectivity index (χ1) is 26.0. The highest BCUT2D eigenvalue weighted by molar-refractivity contribution is 14.2. The second-order valence-corrected chi connectivity index (χ2v) is 17.2. The molecule has 7 aromatic rings. The Hall–Kier alpha value is -5.38. The molecule has 1 heteroatoms. The second-order valence-electron chi connectivity index (χ2n) is 15.1. The number of benzene rings is 7. The fraction of sp³-hybridized carbons (Fsp3) is 0.0962. The van der Waals surface area contributed by atoms with Crippen LogP contribution in [0.2, 0.25) is 0 Å². The van der Waals surface area contributed by atoms with E-state index in [1.807, 2.05) is 0 Å². The lowest BCUT2D eigenvalue weighted by atomic mass is 9.67. The highest BCUT2D eigenvalue weighted by Crippen LogP contribution is 2.57. The molecule has 0 N–H and O–H groups in total. The van der Waals surface area contributed by atoms with Crippen LogP contribution >= 0.6 is 20.7 Å². The van der Waals surface area contributed by atoms with Crippen molar-refractivity contribution in [3.8, 4) is 33.4 Å². The summed E-state index contributed by atoms with van der Waals surface area (Å²) in [5, 5.41) is 0. The summed E-state index contributed by atoms with van der Waals surface area (Å²) in [5.74, 6) is 0. The molecule has 3 aliphatic rings. The van der Waals surface area contributed by atoms with E-state index in [0.29, 0.717) is 0 Å². The van der Waals surface area contributed by atoms with Gasteiger partial charge in [0.05, 0.1) is 5.41 Å². The molecule has 2 aliphatic carbocycles. The fourth-order valence-electron chi connectivity index (χ4n) is 9.34. The first kappa shape index (κ1) is 32.3. The molecule has 0 aromatic heterocycles. The molecule has 0 nitrogen and oxygen atoms in total. The normalized spacial score (nSPS) is 17.3. The summed E-state index contributed by atoms with van der Waals surface area (Å²) >= 11 is 0.0283. The average Bonchev–Trinajstić information content (AvgIpc) is 3.65. The lowest BCUT2D eigenvalue weighted by molar-refractivity contribution is 0.660. The molecule has 1 heterocycles. The van der Waals surface area contributed by atoms with Crippen molar-refractivity contribution >= 4 is 30.3 Å². The van der Waals surface area contributed by atoms with Gasteiger partial charge in [-0.25, -0.2) is 0 Å². The quantitative estimate of drug-likeness (QED) is 0.147. The van der Waals surface area contributed by atoms with Crippen LogP contribution in [0.25, 0.3) is 39.0 Å². The summed E-state index contributed by atoms with van der Waals surface area (Å²) in [5.41, 5.74) is 20.9. The van der Waals surface area contributed by atoms with E-state index in [2.05, 4.69) is 198 Å². The van der Waals surface area contributed by atoms with Gasteiger partial charge in [0.1, 0.15) is 0 Å². The molecular weight excluding hydrogens is 751 g/mol. The van der Waals surface area contributed by atoms with Gasteiger partial charge in [-0.05, 0) is 122 Å². The molecule has 1 atom stereocenters. The van der Waals surface area contributed by atoms with Crippen molar-refractivity contribution in [2.75, 3.05) is 0 Å². The van der Waals surface area contributed by atoms with Gasteiger partial charge in [0.15, 0.2) is 0 Å². The highest BCUT2D eigenvalue weighted by Gasteiger charge is 2.46. The minimum Gasteiger partial charge on any atom is -0.0937 e. The Balaban J connectivity index is 1.02. The van der Waals surface area contributed by atoms with Gasteiger partial charge >= 0.3 is 0 Å². The van der Waals surface area contributed by atoms with Crippen molar-refractivity contribution in [3.05, 3.63) is 230 Å². The van der Waals surface area contributed by atoms with Crippen LogP contribution in [0.3, 0.4) is 0 Å². The van der Waals surface area contributed by atoms with Gasteiger partial charge in [0.25, 0.3) is 0 Å². The molecule has 254 valence electrons. The zero-order valence-corrected chi connectivity index (χ0v) is 32.1. The van der Waals surface area contributed by atoms with Gasteiger partial charge < -0.3 is 0 Å². The van der Waals surface area contributed by atoms with Crippen molar-refractivity contribution < 1.29 is 0 Å². The van der Waals surface area contributed by atoms with E-state index in [-0.39, 0.29) is 26.1 Å². The van der Waals surface area contributed by atoms with Crippen LogP contribution in [0, 0.1) is 0 Å². The third kappa shape index (κ3) is 5.05. The first-order valence-corrected chi connectivity index (χ1v) is 21.1. The fourth-order valence-corrected chi connectivity index (χ4v) is 10.8. The lowest BCUT2D eigenvalue weighted by Crippen LogP contribution is -2.28. The topological polar surface area (TPSA) is 0 Å². The molecule has 0 bridgehead atoms. The van der Waals surface area contributed by atoms with Gasteiger partial charge in [0, 0.05) is 5.41 Å². The number of hydrogen-bond donors (Lipinski definition) is 0. The monoisotopic (exact) mass is 790 g/mol. The van der Waals surface area contributed by atoms with E-state index in [1.54, 1.807) is 0 Å².